The van der Waals surface area contributed by atoms with Gasteiger partial charge >= 0.3 is 0 Å². The highest BCUT2D eigenvalue weighted by molar-refractivity contribution is 6.74. The number of hydrogen-bond acceptors (Lipinski definition) is 2. The molecule has 2 nitrogen and oxygen atoms in total. The Morgan fingerprint density at radius 3 is 2.09 bits per heavy atom. The van der Waals surface area contributed by atoms with Crippen LogP contribution < -0.4 is 0 Å². The fourth-order valence-electron chi connectivity index (χ4n) is 1.72. The Bertz CT molecular complexity index is 565. The van der Waals surface area contributed by atoms with Crippen LogP contribution in [0.25, 0.3) is 0 Å². The number of ketones is 1. The Kier molecular flexibility index (Phi) is 5.62. The number of benzene rings is 1. The monoisotopic (exact) mass is 332 g/mol. The van der Waals surface area contributed by atoms with Gasteiger partial charge in [0.25, 0.3) is 0 Å². The van der Waals surface area contributed by atoms with Gasteiger partial charge < -0.3 is 4.43 Å². The zero-order valence-corrected chi connectivity index (χ0v) is 14.9. The van der Waals surface area contributed by atoms with E-state index in [-0.39, 0.29) is 22.8 Å². The molecule has 0 aromatic heterocycles. The maximum absolute atomic E-state index is 13.8. The van der Waals surface area contributed by atoms with Crippen LogP contribution in [0.15, 0.2) is 12.1 Å². The topological polar surface area (TPSA) is 26.3 Å². The Balaban J connectivity index is 3.05. The van der Waals surface area contributed by atoms with E-state index >= 15 is 0 Å². The number of carbonyl (C=O) groups is 1. The van der Waals surface area contributed by atoms with Crippen LogP contribution in [0.5, 0.6) is 0 Å². The summed E-state index contributed by atoms with van der Waals surface area (Å²) in [5.74, 6) is -3.50. The van der Waals surface area contributed by atoms with Gasteiger partial charge in [0.15, 0.2) is 25.7 Å². The molecule has 0 saturated carbocycles. The maximum atomic E-state index is 13.8. The Morgan fingerprint density at radius 2 is 1.64 bits per heavy atom. The van der Waals surface area contributed by atoms with Gasteiger partial charge in [-0.2, -0.15) is 0 Å². The fourth-order valence-corrected chi connectivity index (χ4v) is 3.03. The van der Waals surface area contributed by atoms with E-state index in [9.17, 15) is 18.0 Å². The predicted octanol–water partition coefficient (Wildman–Crippen LogP) is 4.63. The molecule has 1 atom stereocenters. The summed E-state index contributed by atoms with van der Waals surface area (Å²) in [4.78, 5) is 11.8. The second-order valence-corrected chi connectivity index (χ2v) is 11.8. The third kappa shape index (κ3) is 4.43. The van der Waals surface area contributed by atoms with E-state index in [0.717, 1.165) is 6.07 Å². The van der Waals surface area contributed by atoms with Crippen molar-refractivity contribution in [2.45, 2.75) is 58.4 Å². The SMILES string of the molecule is CC(=O)[C@H](Cc1cc(F)c(F)cc1F)O[Si](C)(C)C(C)(C)C. The first-order chi connectivity index (χ1) is 9.85. The van der Waals surface area contributed by atoms with Crippen LogP contribution in [0, 0.1) is 17.5 Å². The predicted molar refractivity (Wildman–Crippen MR) is 82.8 cm³/mol. The van der Waals surface area contributed by atoms with Gasteiger partial charge in [-0.25, -0.2) is 13.2 Å². The minimum Gasteiger partial charge on any atom is -0.407 e. The van der Waals surface area contributed by atoms with E-state index in [1.807, 2.05) is 33.9 Å². The summed E-state index contributed by atoms with van der Waals surface area (Å²) >= 11 is 0. The van der Waals surface area contributed by atoms with Gasteiger partial charge in [0.05, 0.1) is 0 Å². The van der Waals surface area contributed by atoms with Crippen LogP contribution in [-0.4, -0.2) is 20.2 Å². The molecule has 22 heavy (non-hydrogen) atoms. The molecular formula is C16H23F3O2Si. The molecule has 0 saturated heterocycles. The molecule has 0 amide bonds. The summed E-state index contributed by atoms with van der Waals surface area (Å²) in [5.41, 5.74) is -0.0576. The summed E-state index contributed by atoms with van der Waals surface area (Å²) in [6.45, 7) is 11.4. The number of rotatable bonds is 5. The third-order valence-corrected chi connectivity index (χ3v) is 8.68. The zero-order chi connectivity index (χ0) is 17.3. The zero-order valence-electron chi connectivity index (χ0n) is 13.9. The summed E-state index contributed by atoms with van der Waals surface area (Å²) < 4.78 is 46.0. The van der Waals surface area contributed by atoms with Gasteiger partial charge in [-0.05, 0) is 36.7 Å². The minimum absolute atomic E-state index is 0.0576. The molecule has 6 heteroatoms. The molecule has 124 valence electrons. The molecule has 0 spiro atoms. The Morgan fingerprint density at radius 1 is 1.14 bits per heavy atom. The van der Waals surface area contributed by atoms with Crippen molar-refractivity contribution in [1.29, 1.82) is 0 Å². The van der Waals surface area contributed by atoms with E-state index in [1.54, 1.807) is 0 Å². The number of hydrogen-bond donors (Lipinski definition) is 0. The fraction of sp³-hybridized carbons (Fsp3) is 0.562. The molecule has 1 rings (SSSR count). The van der Waals surface area contributed by atoms with Crippen LogP contribution in [-0.2, 0) is 15.6 Å². The van der Waals surface area contributed by atoms with Crippen molar-refractivity contribution in [3.8, 4) is 0 Å². The minimum atomic E-state index is -2.24. The lowest BCUT2D eigenvalue weighted by Gasteiger charge is -2.38. The molecule has 0 aliphatic heterocycles. The van der Waals surface area contributed by atoms with Gasteiger partial charge in [-0.15, -0.1) is 0 Å². The maximum Gasteiger partial charge on any atom is 0.193 e. The van der Waals surface area contributed by atoms with E-state index < -0.39 is 31.9 Å². The van der Waals surface area contributed by atoms with Gasteiger partial charge in [0.1, 0.15) is 11.9 Å². The van der Waals surface area contributed by atoms with Gasteiger partial charge in [0.2, 0.25) is 0 Å². The van der Waals surface area contributed by atoms with Crippen molar-refractivity contribution in [3.63, 3.8) is 0 Å². The van der Waals surface area contributed by atoms with E-state index in [0.29, 0.717) is 6.07 Å². The van der Waals surface area contributed by atoms with Crippen molar-refractivity contribution in [1.82, 2.24) is 0 Å². The summed E-state index contributed by atoms with van der Waals surface area (Å²) in [6.07, 6.45) is -0.967. The smallest absolute Gasteiger partial charge is 0.193 e. The molecule has 1 aromatic carbocycles. The molecule has 0 bridgehead atoms. The van der Waals surface area contributed by atoms with Gasteiger partial charge in [-0.1, -0.05) is 20.8 Å². The quantitative estimate of drug-likeness (QED) is 0.581. The molecule has 0 heterocycles. The van der Waals surface area contributed by atoms with Gasteiger partial charge in [0, 0.05) is 12.5 Å². The lowest BCUT2D eigenvalue weighted by molar-refractivity contribution is -0.124. The largest absolute Gasteiger partial charge is 0.407 e. The van der Waals surface area contributed by atoms with Crippen molar-refractivity contribution >= 4 is 14.1 Å². The average Bonchev–Trinajstić information content (AvgIpc) is 2.33. The Hall–Kier alpha value is -1.14. The molecule has 0 N–H and O–H groups in total. The first kappa shape index (κ1) is 18.9. The van der Waals surface area contributed by atoms with Crippen molar-refractivity contribution in [2.75, 3.05) is 0 Å². The van der Waals surface area contributed by atoms with E-state index in [4.69, 9.17) is 4.43 Å². The molecular weight excluding hydrogens is 309 g/mol. The normalized spacial score (nSPS) is 14.0. The molecule has 0 unspecified atom stereocenters. The first-order valence-corrected chi connectivity index (χ1v) is 10.1. The van der Waals surface area contributed by atoms with Crippen molar-refractivity contribution in [3.05, 3.63) is 35.1 Å². The summed E-state index contributed by atoms with van der Waals surface area (Å²) in [5, 5.41) is -0.118. The molecule has 1 aromatic rings. The van der Waals surface area contributed by atoms with Crippen LogP contribution in [0.2, 0.25) is 18.1 Å². The summed E-state index contributed by atoms with van der Waals surface area (Å²) in [6, 6.07) is 1.28. The standard InChI is InChI=1S/C16H23F3O2Si/c1-10(20)15(21-22(5,6)16(2,3)4)8-11-7-13(18)14(19)9-12(11)17/h7,9,15H,8H2,1-6H3/t15-/m0/s1. The van der Waals surface area contributed by atoms with Crippen LogP contribution in [0.3, 0.4) is 0 Å². The third-order valence-electron chi connectivity index (χ3n) is 4.19. The number of carbonyl (C=O) groups excluding carboxylic acids is 1. The lowest BCUT2D eigenvalue weighted by Crippen LogP contribution is -2.46. The Labute approximate surface area is 130 Å². The number of halogens is 3. The van der Waals surface area contributed by atoms with E-state index in [1.165, 1.54) is 6.92 Å². The van der Waals surface area contributed by atoms with Crippen molar-refractivity contribution < 1.29 is 22.4 Å². The lowest BCUT2D eigenvalue weighted by atomic mass is 10.0. The van der Waals surface area contributed by atoms with Gasteiger partial charge in [-0.3, -0.25) is 4.79 Å². The first-order valence-electron chi connectivity index (χ1n) is 7.17. The molecule has 0 fully saturated rings. The second-order valence-electron chi connectivity index (χ2n) is 7.04. The molecule has 0 radical (unpaired) electrons. The average molecular weight is 332 g/mol. The highest BCUT2D eigenvalue weighted by atomic mass is 28.4. The van der Waals surface area contributed by atoms with E-state index in [2.05, 4.69) is 0 Å². The van der Waals surface area contributed by atoms with Crippen LogP contribution in [0.1, 0.15) is 33.3 Å². The van der Waals surface area contributed by atoms with Crippen LogP contribution in [0.4, 0.5) is 13.2 Å². The second kappa shape index (κ2) is 6.54. The highest BCUT2D eigenvalue weighted by Crippen LogP contribution is 2.37. The molecule has 0 aliphatic carbocycles. The molecule has 0 aliphatic rings. The van der Waals surface area contributed by atoms with Crippen molar-refractivity contribution in [2.24, 2.45) is 0 Å². The van der Waals surface area contributed by atoms with Crippen LogP contribution >= 0.6 is 0 Å². The summed E-state index contributed by atoms with van der Waals surface area (Å²) in [7, 11) is -2.24. The number of Topliss-reactive ketones (excluding diaryl/α,β-unsaturated/α-hetero) is 1. The highest BCUT2D eigenvalue weighted by Gasteiger charge is 2.40.